The number of carbonyl (C=O) groups is 2. The first-order valence-corrected chi connectivity index (χ1v) is 8.22. The maximum atomic E-state index is 12.1. The van der Waals surface area contributed by atoms with Crippen LogP contribution in [-0.4, -0.2) is 35.8 Å². The van der Waals surface area contributed by atoms with Gasteiger partial charge in [0, 0.05) is 36.5 Å². The molecule has 0 bridgehead atoms. The van der Waals surface area contributed by atoms with Crippen LogP contribution in [0.5, 0.6) is 0 Å². The van der Waals surface area contributed by atoms with Crippen LogP contribution < -0.4 is 5.32 Å². The van der Waals surface area contributed by atoms with E-state index in [-0.39, 0.29) is 11.8 Å². The van der Waals surface area contributed by atoms with Gasteiger partial charge in [-0.15, -0.1) is 0 Å². The lowest BCUT2D eigenvalue weighted by Crippen LogP contribution is -2.42. The molecule has 110 valence electrons. The van der Waals surface area contributed by atoms with E-state index in [2.05, 4.69) is 12.2 Å². The molecule has 0 radical (unpaired) electrons. The summed E-state index contributed by atoms with van der Waals surface area (Å²) in [5.41, 5.74) is 0.700. The van der Waals surface area contributed by atoms with Gasteiger partial charge in [-0.05, 0) is 44.1 Å². The molecule has 20 heavy (non-hydrogen) atoms. The number of amides is 2. The summed E-state index contributed by atoms with van der Waals surface area (Å²) >= 11 is 1.51. The normalized spacial score (nSPS) is 18.9. The van der Waals surface area contributed by atoms with Crippen molar-refractivity contribution in [3.8, 4) is 0 Å². The third kappa shape index (κ3) is 4.07. The van der Waals surface area contributed by atoms with E-state index in [4.69, 9.17) is 0 Å². The van der Waals surface area contributed by atoms with Crippen LogP contribution in [0.15, 0.2) is 16.8 Å². The first-order valence-electron chi connectivity index (χ1n) is 7.28. The lowest BCUT2D eigenvalue weighted by Gasteiger charge is -2.33. The summed E-state index contributed by atoms with van der Waals surface area (Å²) in [5.74, 6) is 0.173. The van der Waals surface area contributed by atoms with Crippen molar-refractivity contribution < 1.29 is 9.59 Å². The molecule has 0 spiro atoms. The highest BCUT2D eigenvalue weighted by Crippen LogP contribution is 2.17. The van der Waals surface area contributed by atoms with Crippen LogP contribution in [0.2, 0.25) is 0 Å². The smallest absolute Gasteiger partial charge is 0.252 e. The lowest BCUT2D eigenvalue weighted by molar-refractivity contribution is -0.134. The number of likely N-dealkylation sites (tertiary alicyclic amines) is 1. The molecule has 1 aromatic heterocycles. The molecule has 1 fully saturated rings. The summed E-state index contributed by atoms with van der Waals surface area (Å²) in [6, 6.07) is 2.18. The summed E-state index contributed by atoms with van der Waals surface area (Å²) in [7, 11) is 0. The molecule has 1 aliphatic heterocycles. The number of hydrogen-bond acceptors (Lipinski definition) is 3. The van der Waals surface area contributed by atoms with E-state index < -0.39 is 0 Å². The Kier molecular flexibility index (Phi) is 5.59. The number of carbonyl (C=O) groups excluding carboxylic acids is 2. The van der Waals surface area contributed by atoms with E-state index in [0.29, 0.717) is 31.0 Å². The molecule has 2 amide bonds. The molecule has 4 nitrogen and oxygen atoms in total. The Morgan fingerprint density at radius 1 is 1.45 bits per heavy atom. The fourth-order valence-electron chi connectivity index (χ4n) is 2.55. The highest BCUT2D eigenvalue weighted by atomic mass is 32.1. The number of thiophene rings is 1. The van der Waals surface area contributed by atoms with E-state index in [0.717, 1.165) is 19.4 Å². The van der Waals surface area contributed by atoms with Gasteiger partial charge in [-0.1, -0.05) is 0 Å². The van der Waals surface area contributed by atoms with Crippen LogP contribution in [0.4, 0.5) is 0 Å². The number of hydrogen-bond donors (Lipinski definition) is 1. The first kappa shape index (κ1) is 15.0. The largest absolute Gasteiger partial charge is 0.352 e. The van der Waals surface area contributed by atoms with Crippen LogP contribution in [0.1, 0.15) is 49.4 Å². The van der Waals surface area contributed by atoms with E-state index in [1.807, 2.05) is 15.7 Å². The molecule has 2 rings (SSSR count). The highest BCUT2D eigenvalue weighted by Gasteiger charge is 2.22. The Morgan fingerprint density at radius 3 is 3.00 bits per heavy atom. The standard InChI is InChI=1S/C15H22N2O2S/c1-12-5-2-3-9-17(12)14(18)6-4-8-16-15(19)13-7-10-20-11-13/h7,10-12H,2-6,8-9H2,1H3,(H,16,19)/t12-/m1/s1. The Hall–Kier alpha value is -1.36. The molecule has 2 heterocycles. The predicted molar refractivity (Wildman–Crippen MR) is 80.9 cm³/mol. The van der Waals surface area contributed by atoms with Crippen molar-refractivity contribution in [2.24, 2.45) is 0 Å². The summed E-state index contributed by atoms with van der Waals surface area (Å²) in [6.45, 7) is 3.57. The Morgan fingerprint density at radius 2 is 2.30 bits per heavy atom. The number of nitrogens with one attached hydrogen (secondary N) is 1. The Balaban J connectivity index is 1.65. The quantitative estimate of drug-likeness (QED) is 0.849. The molecule has 0 unspecified atom stereocenters. The lowest BCUT2D eigenvalue weighted by atomic mass is 10.0. The zero-order chi connectivity index (χ0) is 14.4. The SMILES string of the molecule is C[C@@H]1CCCCN1C(=O)CCCNC(=O)c1ccsc1. The number of piperidine rings is 1. The van der Waals surface area contributed by atoms with Gasteiger partial charge < -0.3 is 10.2 Å². The summed E-state index contributed by atoms with van der Waals surface area (Å²) in [5, 5.41) is 6.57. The van der Waals surface area contributed by atoms with E-state index in [1.54, 1.807) is 6.07 Å². The fourth-order valence-corrected chi connectivity index (χ4v) is 3.19. The van der Waals surface area contributed by atoms with Crippen molar-refractivity contribution in [2.75, 3.05) is 13.1 Å². The van der Waals surface area contributed by atoms with Gasteiger partial charge >= 0.3 is 0 Å². The van der Waals surface area contributed by atoms with Crippen molar-refractivity contribution in [3.05, 3.63) is 22.4 Å². The van der Waals surface area contributed by atoms with E-state index in [1.165, 1.54) is 17.8 Å². The second kappa shape index (κ2) is 7.43. The molecule has 1 saturated heterocycles. The van der Waals surface area contributed by atoms with Crippen LogP contribution in [0.3, 0.4) is 0 Å². The minimum absolute atomic E-state index is 0.0509. The highest BCUT2D eigenvalue weighted by molar-refractivity contribution is 7.08. The average molecular weight is 294 g/mol. The van der Waals surface area contributed by atoms with E-state index >= 15 is 0 Å². The van der Waals surface area contributed by atoms with Crippen LogP contribution >= 0.6 is 11.3 Å². The Labute approximate surface area is 124 Å². The molecular weight excluding hydrogens is 272 g/mol. The zero-order valence-corrected chi connectivity index (χ0v) is 12.7. The van der Waals surface area contributed by atoms with Crippen molar-refractivity contribution in [1.82, 2.24) is 10.2 Å². The maximum absolute atomic E-state index is 12.1. The van der Waals surface area contributed by atoms with Gasteiger partial charge in [0.25, 0.3) is 5.91 Å². The van der Waals surface area contributed by atoms with Crippen molar-refractivity contribution >= 4 is 23.2 Å². The topological polar surface area (TPSA) is 49.4 Å². The Bertz CT molecular complexity index is 445. The second-order valence-electron chi connectivity index (χ2n) is 5.30. The predicted octanol–water partition coefficient (Wildman–Crippen LogP) is 2.66. The third-order valence-corrected chi connectivity index (χ3v) is 4.44. The average Bonchev–Trinajstić information content (AvgIpc) is 2.98. The number of nitrogens with zero attached hydrogens (tertiary/aromatic N) is 1. The molecule has 5 heteroatoms. The number of rotatable bonds is 5. The van der Waals surface area contributed by atoms with Crippen molar-refractivity contribution in [3.63, 3.8) is 0 Å². The minimum Gasteiger partial charge on any atom is -0.352 e. The molecular formula is C15H22N2O2S. The van der Waals surface area contributed by atoms with Gasteiger partial charge in [-0.3, -0.25) is 9.59 Å². The zero-order valence-electron chi connectivity index (χ0n) is 11.9. The molecule has 1 N–H and O–H groups in total. The third-order valence-electron chi connectivity index (χ3n) is 3.76. The molecule has 1 atom stereocenters. The van der Waals surface area contributed by atoms with Gasteiger partial charge in [0.15, 0.2) is 0 Å². The molecule has 1 aromatic rings. The summed E-state index contributed by atoms with van der Waals surface area (Å²) < 4.78 is 0. The molecule has 0 aliphatic carbocycles. The van der Waals surface area contributed by atoms with Crippen molar-refractivity contribution in [1.29, 1.82) is 0 Å². The van der Waals surface area contributed by atoms with E-state index in [9.17, 15) is 9.59 Å². The minimum atomic E-state index is -0.0509. The van der Waals surface area contributed by atoms with Crippen LogP contribution in [0.25, 0.3) is 0 Å². The summed E-state index contributed by atoms with van der Waals surface area (Å²) in [4.78, 5) is 25.8. The van der Waals surface area contributed by atoms with Crippen LogP contribution in [-0.2, 0) is 4.79 Å². The van der Waals surface area contributed by atoms with Gasteiger partial charge in [0.1, 0.15) is 0 Å². The molecule has 0 saturated carbocycles. The molecule has 0 aromatic carbocycles. The second-order valence-corrected chi connectivity index (χ2v) is 6.08. The van der Waals surface area contributed by atoms with Gasteiger partial charge in [-0.25, -0.2) is 0 Å². The monoisotopic (exact) mass is 294 g/mol. The maximum Gasteiger partial charge on any atom is 0.252 e. The van der Waals surface area contributed by atoms with Crippen LogP contribution in [0, 0.1) is 0 Å². The van der Waals surface area contributed by atoms with Gasteiger partial charge in [-0.2, -0.15) is 11.3 Å². The van der Waals surface area contributed by atoms with Gasteiger partial charge in [0.05, 0.1) is 0 Å². The van der Waals surface area contributed by atoms with Gasteiger partial charge in [0.2, 0.25) is 5.91 Å². The molecule has 1 aliphatic rings. The van der Waals surface area contributed by atoms with Crippen molar-refractivity contribution in [2.45, 2.75) is 45.1 Å². The fraction of sp³-hybridized carbons (Fsp3) is 0.600. The summed E-state index contributed by atoms with van der Waals surface area (Å²) in [6.07, 6.45) is 4.68. The first-order chi connectivity index (χ1) is 9.68.